The van der Waals surface area contributed by atoms with E-state index < -0.39 is 56.9 Å². The van der Waals surface area contributed by atoms with Gasteiger partial charge in [-0.25, -0.2) is 8.78 Å². The van der Waals surface area contributed by atoms with Crippen molar-refractivity contribution in [3.05, 3.63) is 23.6 Å². The van der Waals surface area contributed by atoms with Crippen molar-refractivity contribution in [2.45, 2.75) is 63.8 Å². The number of allylic oxidation sites excluding steroid dienone is 4. The summed E-state index contributed by atoms with van der Waals surface area (Å²) < 4.78 is 32.0. The fraction of sp³-hybridized carbons (Fsp3) is 0.714. The molecular weight excluding hydrogens is 386 g/mol. The first-order chi connectivity index (χ1) is 12.8. The van der Waals surface area contributed by atoms with Gasteiger partial charge in [-0.2, -0.15) is 0 Å². The molecule has 0 aromatic heterocycles. The molecule has 0 bridgehead atoms. The molecule has 0 aromatic carbocycles. The summed E-state index contributed by atoms with van der Waals surface area (Å²) in [7, 11) is 0. The summed E-state index contributed by atoms with van der Waals surface area (Å²) in [5, 5.41) is 21.6. The van der Waals surface area contributed by atoms with Crippen LogP contribution in [0, 0.1) is 28.6 Å². The van der Waals surface area contributed by atoms with E-state index in [2.05, 4.69) is 12.6 Å². The fourth-order valence-corrected chi connectivity index (χ4v) is 7.45. The molecular formula is C21H26F2O4S. The van der Waals surface area contributed by atoms with Gasteiger partial charge in [-0.15, -0.1) is 12.6 Å². The SMILES string of the molecule is C[C@@H]1CC2C3CC(F)=C4CC(=O)C=C[C@]4(C)[C@@]3(F)[C@@H](O)C[C@]2(C)[C@@]1(O)C(=O)S. The van der Waals surface area contributed by atoms with Gasteiger partial charge < -0.3 is 10.2 Å². The molecule has 0 amide bonds. The Labute approximate surface area is 168 Å². The van der Waals surface area contributed by atoms with Crippen LogP contribution in [-0.4, -0.2) is 38.5 Å². The van der Waals surface area contributed by atoms with Crippen LogP contribution < -0.4 is 0 Å². The molecule has 28 heavy (non-hydrogen) atoms. The van der Waals surface area contributed by atoms with Gasteiger partial charge in [-0.05, 0) is 43.3 Å². The zero-order valence-corrected chi connectivity index (χ0v) is 17.1. The van der Waals surface area contributed by atoms with E-state index in [4.69, 9.17) is 0 Å². The molecule has 2 unspecified atom stereocenters. The second kappa shape index (κ2) is 5.76. The maximum Gasteiger partial charge on any atom is 0.218 e. The zero-order valence-electron chi connectivity index (χ0n) is 16.2. The zero-order chi connectivity index (χ0) is 20.9. The fourth-order valence-electron chi connectivity index (χ4n) is 6.97. The van der Waals surface area contributed by atoms with Gasteiger partial charge in [-0.3, -0.25) is 9.59 Å². The minimum Gasteiger partial charge on any atom is -0.390 e. The molecule has 7 heteroatoms. The summed E-state index contributed by atoms with van der Waals surface area (Å²) in [4.78, 5) is 24.1. The van der Waals surface area contributed by atoms with Crippen LogP contribution in [0.5, 0.6) is 0 Å². The van der Waals surface area contributed by atoms with Gasteiger partial charge in [0.25, 0.3) is 0 Å². The molecule has 4 nitrogen and oxygen atoms in total. The third-order valence-corrected chi connectivity index (χ3v) is 8.91. The van der Waals surface area contributed by atoms with Crippen LogP contribution in [0.15, 0.2) is 23.6 Å². The van der Waals surface area contributed by atoms with Gasteiger partial charge in [0.1, 0.15) is 11.4 Å². The summed E-state index contributed by atoms with van der Waals surface area (Å²) in [6.45, 7) is 4.93. The van der Waals surface area contributed by atoms with Crippen molar-refractivity contribution in [3.63, 3.8) is 0 Å². The predicted octanol–water partition coefficient (Wildman–Crippen LogP) is 3.09. The third kappa shape index (κ3) is 2.03. The average molecular weight is 412 g/mol. The van der Waals surface area contributed by atoms with Crippen molar-refractivity contribution in [3.8, 4) is 0 Å². The number of fused-ring (bicyclic) bond motifs is 5. The Morgan fingerprint density at radius 3 is 2.57 bits per heavy atom. The average Bonchev–Trinajstić information content (AvgIpc) is 2.81. The van der Waals surface area contributed by atoms with E-state index in [1.807, 2.05) is 0 Å². The summed E-state index contributed by atoms with van der Waals surface area (Å²) in [5.74, 6) is -2.73. The van der Waals surface area contributed by atoms with Gasteiger partial charge in [0.15, 0.2) is 11.5 Å². The maximum atomic E-state index is 16.8. The van der Waals surface area contributed by atoms with E-state index >= 15 is 8.78 Å². The summed E-state index contributed by atoms with van der Waals surface area (Å²) in [5.41, 5.74) is -6.46. The van der Waals surface area contributed by atoms with Gasteiger partial charge in [0.05, 0.1) is 6.10 Å². The van der Waals surface area contributed by atoms with Crippen molar-refractivity contribution >= 4 is 23.5 Å². The van der Waals surface area contributed by atoms with Crippen molar-refractivity contribution in [1.29, 1.82) is 0 Å². The van der Waals surface area contributed by atoms with Crippen LogP contribution in [0.4, 0.5) is 8.78 Å². The number of rotatable bonds is 1. The van der Waals surface area contributed by atoms with E-state index in [1.54, 1.807) is 13.8 Å². The van der Waals surface area contributed by atoms with Crippen molar-refractivity contribution in [2.75, 3.05) is 0 Å². The molecule has 4 aliphatic carbocycles. The Morgan fingerprint density at radius 1 is 1.32 bits per heavy atom. The molecule has 2 saturated carbocycles. The molecule has 4 rings (SSSR count). The van der Waals surface area contributed by atoms with Gasteiger partial charge in [0.2, 0.25) is 5.12 Å². The van der Waals surface area contributed by atoms with E-state index in [0.717, 1.165) is 0 Å². The second-order valence-corrected chi connectivity index (χ2v) is 10.00. The number of carbonyl (C=O) groups excluding carboxylic acids is 2. The van der Waals surface area contributed by atoms with Gasteiger partial charge in [0, 0.05) is 29.6 Å². The van der Waals surface area contributed by atoms with Crippen LogP contribution >= 0.6 is 12.6 Å². The molecule has 0 aromatic rings. The molecule has 4 aliphatic rings. The smallest absolute Gasteiger partial charge is 0.218 e. The molecule has 0 spiro atoms. The first kappa shape index (κ1) is 20.2. The largest absolute Gasteiger partial charge is 0.390 e. The highest BCUT2D eigenvalue weighted by Crippen LogP contribution is 2.71. The molecule has 2 N–H and O–H groups in total. The Hall–Kier alpha value is -1.05. The Balaban J connectivity index is 1.91. The van der Waals surface area contributed by atoms with Gasteiger partial charge in [-0.1, -0.05) is 19.9 Å². The Morgan fingerprint density at radius 2 is 1.96 bits per heavy atom. The molecule has 0 heterocycles. The second-order valence-electron chi connectivity index (χ2n) is 9.59. The van der Waals surface area contributed by atoms with Crippen LogP contribution in [0.2, 0.25) is 0 Å². The highest BCUT2D eigenvalue weighted by molar-refractivity contribution is 7.96. The quantitative estimate of drug-likeness (QED) is 0.579. The molecule has 2 fully saturated rings. The van der Waals surface area contributed by atoms with E-state index in [-0.39, 0.29) is 30.6 Å². The maximum absolute atomic E-state index is 16.8. The number of alkyl halides is 1. The minimum atomic E-state index is -2.19. The number of aliphatic hydroxyl groups is 2. The van der Waals surface area contributed by atoms with Crippen LogP contribution in [-0.2, 0) is 9.59 Å². The summed E-state index contributed by atoms with van der Waals surface area (Å²) in [6.07, 6.45) is 0.902. The number of thiol groups is 1. The van der Waals surface area contributed by atoms with Crippen LogP contribution in [0.3, 0.4) is 0 Å². The Bertz CT molecular complexity index is 840. The Kier molecular flexibility index (Phi) is 4.16. The van der Waals surface area contributed by atoms with E-state index in [1.165, 1.54) is 19.1 Å². The first-order valence-corrected chi connectivity index (χ1v) is 10.2. The first-order valence-electron chi connectivity index (χ1n) is 9.76. The highest BCUT2D eigenvalue weighted by Gasteiger charge is 2.75. The number of aliphatic hydroxyl groups excluding tert-OH is 1. The lowest BCUT2D eigenvalue weighted by Gasteiger charge is -2.62. The molecule has 8 atom stereocenters. The number of hydrogen-bond acceptors (Lipinski definition) is 4. The standard InChI is InChI=1S/C21H26F2O4S/c1-10-6-12-13-8-15(22)14-7-11(24)4-5-18(14,2)20(13,23)16(25)9-19(12,3)21(10,27)17(26)28/h4-5,10,12-13,16,25,27H,6-9H2,1-3H3,(H,26,28)/t10-,12?,13?,16+,18+,19+,20+,21+/m1/s1. The lowest BCUT2D eigenvalue weighted by molar-refractivity contribution is -0.213. The molecule has 154 valence electrons. The van der Waals surface area contributed by atoms with Crippen LogP contribution in [0.1, 0.15) is 46.5 Å². The van der Waals surface area contributed by atoms with Crippen molar-refractivity contribution < 1.29 is 28.6 Å². The normalized spacial score (nSPS) is 52.9. The predicted molar refractivity (Wildman–Crippen MR) is 102 cm³/mol. The number of halogens is 2. The van der Waals surface area contributed by atoms with Crippen molar-refractivity contribution in [2.24, 2.45) is 28.6 Å². The van der Waals surface area contributed by atoms with Gasteiger partial charge >= 0.3 is 0 Å². The lowest BCUT2D eigenvalue weighted by atomic mass is 9.45. The van der Waals surface area contributed by atoms with E-state index in [9.17, 15) is 19.8 Å². The number of ketones is 1. The summed E-state index contributed by atoms with van der Waals surface area (Å²) in [6, 6.07) is 0. The molecule has 0 radical (unpaired) electrons. The number of carbonyl (C=O) groups is 2. The topological polar surface area (TPSA) is 74.6 Å². The van der Waals surface area contributed by atoms with Crippen molar-refractivity contribution in [1.82, 2.24) is 0 Å². The molecule has 0 aliphatic heterocycles. The summed E-state index contributed by atoms with van der Waals surface area (Å²) >= 11 is 3.90. The molecule has 0 saturated heterocycles. The van der Waals surface area contributed by atoms with E-state index in [0.29, 0.717) is 6.42 Å². The lowest BCUT2D eigenvalue weighted by Crippen LogP contribution is -2.69. The van der Waals surface area contributed by atoms with Crippen LogP contribution in [0.25, 0.3) is 0 Å². The monoisotopic (exact) mass is 412 g/mol. The highest BCUT2D eigenvalue weighted by atomic mass is 32.1. The third-order valence-electron chi connectivity index (χ3n) is 8.57. The number of hydrogen-bond donors (Lipinski definition) is 3. The minimum absolute atomic E-state index is 0.105.